The highest BCUT2D eigenvalue weighted by atomic mass is 32.2. The van der Waals surface area contributed by atoms with E-state index in [-0.39, 0.29) is 12.1 Å². The average Bonchev–Trinajstić information content (AvgIpc) is 2.41. The highest BCUT2D eigenvalue weighted by Gasteiger charge is 2.29. The zero-order valence-corrected chi connectivity index (χ0v) is 14.0. The smallest absolute Gasteiger partial charge is 0.241 e. The lowest BCUT2D eigenvalue weighted by Crippen LogP contribution is -2.43. The molecule has 5 heteroatoms. The lowest BCUT2D eigenvalue weighted by molar-refractivity contribution is -0.0211. The molecule has 0 spiro atoms. The molecule has 0 unspecified atom stereocenters. The Morgan fingerprint density at radius 3 is 2.67 bits per heavy atom. The van der Waals surface area contributed by atoms with E-state index in [2.05, 4.69) is 18.6 Å². The van der Waals surface area contributed by atoms with Crippen LogP contribution in [0, 0.1) is 19.8 Å². The van der Waals surface area contributed by atoms with E-state index in [1.807, 2.05) is 26.0 Å². The molecule has 1 N–H and O–H groups in total. The summed E-state index contributed by atoms with van der Waals surface area (Å²) in [4.78, 5) is 0.384. The number of rotatable bonds is 4. The van der Waals surface area contributed by atoms with Crippen LogP contribution in [0.2, 0.25) is 0 Å². The average molecular weight is 311 g/mol. The van der Waals surface area contributed by atoms with Gasteiger partial charge in [-0.1, -0.05) is 26.0 Å². The van der Waals surface area contributed by atoms with E-state index in [9.17, 15) is 8.42 Å². The van der Waals surface area contributed by atoms with Gasteiger partial charge in [0.1, 0.15) is 0 Å². The maximum atomic E-state index is 12.6. The van der Waals surface area contributed by atoms with Crippen molar-refractivity contribution in [3.63, 3.8) is 0 Å². The van der Waals surface area contributed by atoms with E-state index in [0.717, 1.165) is 24.0 Å². The van der Waals surface area contributed by atoms with Gasteiger partial charge in [-0.25, -0.2) is 13.1 Å². The van der Waals surface area contributed by atoms with Gasteiger partial charge in [0, 0.05) is 12.6 Å². The maximum absolute atomic E-state index is 12.6. The molecule has 2 rings (SSSR count). The van der Waals surface area contributed by atoms with Crippen LogP contribution in [0.4, 0.5) is 0 Å². The summed E-state index contributed by atoms with van der Waals surface area (Å²) >= 11 is 0. The van der Waals surface area contributed by atoms with Gasteiger partial charge in [-0.05, 0) is 49.8 Å². The van der Waals surface area contributed by atoms with Crippen LogP contribution in [0.5, 0.6) is 0 Å². The first kappa shape index (κ1) is 16.5. The highest BCUT2D eigenvalue weighted by Crippen LogP contribution is 2.23. The van der Waals surface area contributed by atoms with Crippen LogP contribution in [0.25, 0.3) is 0 Å². The van der Waals surface area contributed by atoms with E-state index in [0.29, 0.717) is 17.4 Å². The fourth-order valence-electron chi connectivity index (χ4n) is 2.68. The molecule has 0 aromatic heterocycles. The van der Waals surface area contributed by atoms with Crippen molar-refractivity contribution in [3.8, 4) is 0 Å². The third kappa shape index (κ3) is 4.05. The van der Waals surface area contributed by atoms with Gasteiger partial charge >= 0.3 is 0 Å². The third-order valence-electron chi connectivity index (χ3n) is 4.01. The van der Waals surface area contributed by atoms with Gasteiger partial charge in [0.15, 0.2) is 0 Å². The van der Waals surface area contributed by atoms with Crippen LogP contribution >= 0.6 is 0 Å². The first-order valence-corrected chi connectivity index (χ1v) is 8.99. The van der Waals surface area contributed by atoms with Crippen molar-refractivity contribution in [2.75, 3.05) is 6.61 Å². The molecule has 1 aromatic carbocycles. The third-order valence-corrected chi connectivity index (χ3v) is 5.68. The molecule has 1 aliphatic rings. The summed E-state index contributed by atoms with van der Waals surface area (Å²) in [5.41, 5.74) is 1.73. The van der Waals surface area contributed by atoms with Crippen LogP contribution < -0.4 is 4.72 Å². The van der Waals surface area contributed by atoms with E-state index in [1.165, 1.54) is 0 Å². The number of aryl methyl sites for hydroxylation is 2. The van der Waals surface area contributed by atoms with Crippen LogP contribution in [0.3, 0.4) is 0 Å². The molecule has 4 nitrogen and oxygen atoms in total. The fourth-order valence-corrected chi connectivity index (χ4v) is 4.29. The topological polar surface area (TPSA) is 55.4 Å². The molecule has 0 amide bonds. The van der Waals surface area contributed by atoms with Gasteiger partial charge in [-0.2, -0.15) is 0 Å². The molecule has 0 saturated carbocycles. The van der Waals surface area contributed by atoms with Crippen molar-refractivity contribution in [3.05, 3.63) is 29.3 Å². The van der Waals surface area contributed by atoms with E-state index < -0.39 is 10.0 Å². The van der Waals surface area contributed by atoms with Gasteiger partial charge in [-0.3, -0.25) is 0 Å². The molecule has 0 aliphatic carbocycles. The van der Waals surface area contributed by atoms with E-state index in [1.54, 1.807) is 6.07 Å². The molecule has 21 heavy (non-hydrogen) atoms. The van der Waals surface area contributed by atoms with Crippen LogP contribution in [-0.2, 0) is 14.8 Å². The molecular weight excluding hydrogens is 286 g/mol. The minimum Gasteiger partial charge on any atom is -0.378 e. The molecule has 1 aliphatic heterocycles. The van der Waals surface area contributed by atoms with Crippen LogP contribution in [0.1, 0.15) is 37.8 Å². The predicted molar refractivity (Wildman–Crippen MR) is 83.8 cm³/mol. The van der Waals surface area contributed by atoms with Gasteiger partial charge in [-0.15, -0.1) is 0 Å². The Kier molecular flexibility index (Phi) is 5.07. The molecule has 1 heterocycles. The molecule has 2 atom stereocenters. The first-order chi connectivity index (χ1) is 9.79. The number of hydrogen-bond donors (Lipinski definition) is 1. The Bertz CT molecular complexity index is 596. The monoisotopic (exact) mass is 311 g/mol. The van der Waals surface area contributed by atoms with Crippen molar-refractivity contribution in [1.29, 1.82) is 0 Å². The predicted octanol–water partition coefficient (Wildman–Crippen LogP) is 2.79. The quantitative estimate of drug-likeness (QED) is 0.930. The molecule has 118 valence electrons. The second-order valence-electron chi connectivity index (χ2n) is 6.26. The van der Waals surface area contributed by atoms with Gasteiger partial charge in [0.25, 0.3) is 0 Å². The molecular formula is C16H25NO3S. The summed E-state index contributed by atoms with van der Waals surface area (Å²) < 4.78 is 33.8. The minimum atomic E-state index is -3.47. The number of ether oxygens (including phenoxy) is 1. The largest absolute Gasteiger partial charge is 0.378 e. The molecule has 1 fully saturated rings. The normalized spacial score (nSPS) is 23.5. The van der Waals surface area contributed by atoms with Crippen molar-refractivity contribution in [2.24, 2.45) is 5.92 Å². The molecule has 1 saturated heterocycles. The fraction of sp³-hybridized carbons (Fsp3) is 0.625. The summed E-state index contributed by atoms with van der Waals surface area (Å²) in [7, 11) is -3.47. The Labute approximate surface area is 127 Å². The van der Waals surface area contributed by atoms with Gasteiger partial charge in [0.2, 0.25) is 10.0 Å². The Balaban J connectivity index is 2.15. The SMILES string of the molecule is Cc1ccc(C)c(S(=O)(=O)N[C@H]2CCO[C@H](C(C)C)C2)c1. The number of hydrogen-bond acceptors (Lipinski definition) is 3. The second kappa shape index (κ2) is 6.46. The van der Waals surface area contributed by atoms with Crippen molar-refractivity contribution in [2.45, 2.75) is 57.6 Å². The van der Waals surface area contributed by atoms with Crippen molar-refractivity contribution >= 4 is 10.0 Å². The number of benzene rings is 1. The Morgan fingerprint density at radius 2 is 2.00 bits per heavy atom. The summed E-state index contributed by atoms with van der Waals surface area (Å²) in [6.07, 6.45) is 1.60. The molecule has 0 bridgehead atoms. The number of nitrogens with one attached hydrogen (secondary N) is 1. The van der Waals surface area contributed by atoms with Crippen LogP contribution in [0.15, 0.2) is 23.1 Å². The van der Waals surface area contributed by atoms with Gasteiger partial charge < -0.3 is 4.74 Å². The summed E-state index contributed by atoms with van der Waals surface area (Å²) in [5.74, 6) is 0.401. The highest BCUT2D eigenvalue weighted by molar-refractivity contribution is 7.89. The Morgan fingerprint density at radius 1 is 1.29 bits per heavy atom. The first-order valence-electron chi connectivity index (χ1n) is 7.51. The lowest BCUT2D eigenvalue weighted by Gasteiger charge is -2.32. The summed E-state index contributed by atoms with van der Waals surface area (Å²) in [6, 6.07) is 5.47. The second-order valence-corrected chi connectivity index (χ2v) is 7.95. The maximum Gasteiger partial charge on any atom is 0.241 e. The lowest BCUT2D eigenvalue weighted by atomic mass is 9.96. The summed E-state index contributed by atoms with van der Waals surface area (Å²) in [6.45, 7) is 8.55. The number of sulfonamides is 1. The van der Waals surface area contributed by atoms with Crippen molar-refractivity contribution < 1.29 is 13.2 Å². The standard InChI is InChI=1S/C16H25NO3S/c1-11(2)15-10-14(7-8-20-15)17-21(18,19)16-9-12(3)5-6-13(16)4/h5-6,9,11,14-15,17H,7-8,10H2,1-4H3/t14-,15-/m0/s1. The van der Waals surface area contributed by atoms with Crippen molar-refractivity contribution in [1.82, 2.24) is 4.72 Å². The Hall–Kier alpha value is -0.910. The summed E-state index contributed by atoms with van der Waals surface area (Å²) in [5, 5.41) is 0. The molecule has 1 aromatic rings. The van der Waals surface area contributed by atoms with E-state index >= 15 is 0 Å². The van der Waals surface area contributed by atoms with Crippen LogP contribution in [-0.4, -0.2) is 27.2 Å². The van der Waals surface area contributed by atoms with Gasteiger partial charge in [0.05, 0.1) is 11.0 Å². The molecule has 0 radical (unpaired) electrons. The minimum absolute atomic E-state index is 0.0453. The van der Waals surface area contributed by atoms with E-state index in [4.69, 9.17) is 4.74 Å². The zero-order valence-electron chi connectivity index (χ0n) is 13.2. The zero-order chi connectivity index (χ0) is 15.6.